The first-order valence-corrected chi connectivity index (χ1v) is 19.7. The van der Waals surface area contributed by atoms with Crippen LogP contribution in [0.3, 0.4) is 0 Å². The fraction of sp³-hybridized carbons (Fsp3) is 0.280. The summed E-state index contributed by atoms with van der Waals surface area (Å²) in [6, 6.07) is 33.2. The van der Waals surface area contributed by atoms with E-state index in [1.165, 1.54) is 22.3 Å². The minimum Gasteiger partial charge on any atom is -0.457 e. The van der Waals surface area contributed by atoms with E-state index in [2.05, 4.69) is 108 Å². The molecule has 1 atom stereocenters. The summed E-state index contributed by atoms with van der Waals surface area (Å²) in [5, 5.41) is 7.31. The van der Waals surface area contributed by atoms with E-state index in [0.29, 0.717) is 28.9 Å². The van der Waals surface area contributed by atoms with Crippen molar-refractivity contribution in [3.05, 3.63) is 143 Å². The smallest absolute Gasteiger partial charge is 0.146 e. The van der Waals surface area contributed by atoms with Gasteiger partial charge in [-0.1, -0.05) is 109 Å². The second-order valence-electron chi connectivity index (χ2n) is 17.1. The second kappa shape index (κ2) is 11.9. The molecule has 0 fully saturated rings. The van der Waals surface area contributed by atoms with Gasteiger partial charge in [0.1, 0.15) is 17.1 Å². The van der Waals surface area contributed by atoms with Crippen LogP contribution in [0.15, 0.2) is 109 Å². The van der Waals surface area contributed by atoms with Gasteiger partial charge >= 0.3 is 0 Å². The zero-order valence-electron chi connectivity index (χ0n) is 35.7. The molecular formula is C50H48N4O. The van der Waals surface area contributed by atoms with Crippen LogP contribution in [0.5, 0.6) is 11.5 Å². The van der Waals surface area contributed by atoms with Gasteiger partial charge in [-0.05, 0) is 101 Å². The number of hydrogen-bond donors (Lipinski definition) is 0. The highest BCUT2D eigenvalue weighted by atomic mass is 16.5. The van der Waals surface area contributed by atoms with Crippen LogP contribution in [-0.4, -0.2) is 19.2 Å². The maximum Gasteiger partial charge on any atom is 0.146 e. The largest absolute Gasteiger partial charge is 0.457 e. The SMILES string of the molecule is [2H]C([2H])([2H])c1ccc2c3c1c1ccc(Oc4cccc(-n5cc(-c6c(C(C)C)cccc6C(C)C)cn5)c4)cc1c1nc4c(n13)C(C)(CCc1ccccc1-4)C2(C)C. The highest BCUT2D eigenvalue weighted by Gasteiger charge is 2.52. The summed E-state index contributed by atoms with van der Waals surface area (Å²) in [7, 11) is 0. The van der Waals surface area contributed by atoms with Gasteiger partial charge in [-0.15, -0.1) is 0 Å². The molecule has 0 amide bonds. The van der Waals surface area contributed by atoms with E-state index in [-0.39, 0.29) is 10.8 Å². The van der Waals surface area contributed by atoms with Crippen molar-refractivity contribution in [3.8, 4) is 39.6 Å². The van der Waals surface area contributed by atoms with E-state index in [9.17, 15) is 0 Å². The summed E-state index contributed by atoms with van der Waals surface area (Å²) in [4.78, 5) is 5.54. The highest BCUT2D eigenvalue weighted by molar-refractivity contribution is 6.15. The zero-order valence-corrected chi connectivity index (χ0v) is 32.7. The van der Waals surface area contributed by atoms with Crippen molar-refractivity contribution in [1.29, 1.82) is 0 Å². The Hall–Kier alpha value is -5.68. The number of pyridine rings is 1. The summed E-state index contributed by atoms with van der Waals surface area (Å²) in [5.74, 6) is 2.07. The Bertz CT molecular complexity index is 2960. The molecule has 0 saturated heterocycles. The molecule has 5 aromatic carbocycles. The van der Waals surface area contributed by atoms with Crippen LogP contribution >= 0.6 is 0 Å². The van der Waals surface area contributed by atoms with Gasteiger partial charge in [-0.3, -0.25) is 4.40 Å². The van der Waals surface area contributed by atoms with E-state index in [4.69, 9.17) is 18.9 Å². The third kappa shape index (κ3) is 4.78. The number of aryl methyl sites for hydroxylation is 2. The predicted molar refractivity (Wildman–Crippen MR) is 226 cm³/mol. The average molecular weight is 724 g/mol. The van der Waals surface area contributed by atoms with E-state index in [1.807, 2.05) is 59.4 Å². The van der Waals surface area contributed by atoms with Gasteiger partial charge in [0.25, 0.3) is 0 Å². The van der Waals surface area contributed by atoms with Gasteiger partial charge in [0.2, 0.25) is 0 Å². The maximum absolute atomic E-state index is 8.71. The summed E-state index contributed by atoms with van der Waals surface area (Å²) < 4.78 is 37.0. The van der Waals surface area contributed by atoms with Crippen LogP contribution in [0.1, 0.15) is 104 Å². The van der Waals surface area contributed by atoms with Crippen molar-refractivity contribution in [2.24, 2.45) is 0 Å². The van der Waals surface area contributed by atoms with Crippen molar-refractivity contribution < 1.29 is 8.85 Å². The molecule has 2 aliphatic rings. The van der Waals surface area contributed by atoms with Crippen molar-refractivity contribution in [3.63, 3.8) is 0 Å². The van der Waals surface area contributed by atoms with E-state index in [1.54, 1.807) is 0 Å². The number of nitrogens with zero attached hydrogens (tertiary/aromatic N) is 4. The van der Waals surface area contributed by atoms with Gasteiger partial charge < -0.3 is 4.74 Å². The fourth-order valence-electron chi connectivity index (χ4n) is 9.79. The van der Waals surface area contributed by atoms with Crippen LogP contribution in [0.2, 0.25) is 0 Å². The van der Waals surface area contributed by atoms with Crippen LogP contribution in [0.25, 0.3) is 55.4 Å². The molecule has 0 N–H and O–H groups in total. The van der Waals surface area contributed by atoms with E-state index < -0.39 is 6.85 Å². The first kappa shape index (κ1) is 30.6. The second-order valence-corrected chi connectivity index (χ2v) is 17.1. The average Bonchev–Trinajstić information content (AvgIpc) is 3.83. The molecule has 1 aliphatic carbocycles. The van der Waals surface area contributed by atoms with Gasteiger partial charge in [-0.2, -0.15) is 5.10 Å². The molecule has 8 aromatic rings. The predicted octanol–water partition coefficient (Wildman–Crippen LogP) is 13.0. The molecule has 10 rings (SSSR count). The number of hydrogen-bond acceptors (Lipinski definition) is 3. The normalized spacial score (nSPS) is 18.2. The molecule has 0 spiro atoms. The Kier molecular flexibility index (Phi) is 6.63. The Morgan fingerprint density at radius 3 is 2.35 bits per heavy atom. The zero-order chi connectivity index (χ0) is 40.5. The summed E-state index contributed by atoms with van der Waals surface area (Å²) in [6.45, 7) is 13.7. The van der Waals surface area contributed by atoms with E-state index >= 15 is 0 Å². The number of ether oxygens (including phenoxy) is 1. The molecule has 0 bridgehead atoms. The molecule has 5 heteroatoms. The number of imidazole rings is 1. The summed E-state index contributed by atoms with van der Waals surface area (Å²) in [5.41, 5.74) is 13.2. The molecule has 3 aromatic heterocycles. The molecule has 55 heavy (non-hydrogen) atoms. The molecular weight excluding hydrogens is 673 g/mol. The molecule has 0 saturated carbocycles. The number of aromatic nitrogens is 4. The first-order chi connectivity index (χ1) is 27.7. The van der Waals surface area contributed by atoms with Gasteiger partial charge in [0.05, 0.1) is 28.8 Å². The summed E-state index contributed by atoms with van der Waals surface area (Å²) >= 11 is 0. The van der Waals surface area contributed by atoms with E-state index in [0.717, 1.165) is 73.9 Å². The monoisotopic (exact) mass is 723 g/mol. The standard InChI is InChI=1S/C50H48N4O/c1-29(2)37-17-12-18-38(30(3)4)44(37)33-27-51-53(28-33)34-14-11-15-35(25-34)55-36-20-21-40-41(26-36)48-52-45-39-16-10-9-13-32(39)23-24-50(8)47(45)54(48)46-42(49(50,6)7)22-19-31(5)43(40)46/h9-22,25-30H,23-24H2,1-8H3/i5D3. The molecule has 0 radical (unpaired) electrons. The van der Waals surface area contributed by atoms with Crippen LogP contribution in [0.4, 0.5) is 0 Å². The molecule has 4 heterocycles. The topological polar surface area (TPSA) is 44.3 Å². The Balaban J connectivity index is 1.14. The Morgan fingerprint density at radius 2 is 1.56 bits per heavy atom. The number of fused-ring (bicyclic) bond motifs is 5. The van der Waals surface area contributed by atoms with Crippen LogP contribution < -0.4 is 4.74 Å². The quantitative estimate of drug-likeness (QED) is 0.160. The number of rotatable bonds is 6. The Morgan fingerprint density at radius 1 is 0.800 bits per heavy atom. The van der Waals surface area contributed by atoms with Crippen molar-refractivity contribution in [1.82, 2.24) is 19.2 Å². The van der Waals surface area contributed by atoms with Crippen LogP contribution in [-0.2, 0) is 17.3 Å². The molecule has 1 aliphatic heterocycles. The van der Waals surface area contributed by atoms with Crippen molar-refractivity contribution in [2.45, 2.75) is 90.8 Å². The third-order valence-corrected chi connectivity index (χ3v) is 13.1. The Labute approximate surface area is 327 Å². The molecule has 274 valence electrons. The first-order valence-electron chi connectivity index (χ1n) is 21.2. The molecule has 1 unspecified atom stereocenters. The number of benzene rings is 5. The van der Waals surface area contributed by atoms with Crippen molar-refractivity contribution in [2.75, 3.05) is 0 Å². The molecule has 5 nitrogen and oxygen atoms in total. The highest BCUT2D eigenvalue weighted by Crippen LogP contribution is 2.57. The van der Waals surface area contributed by atoms with Gasteiger partial charge in [0.15, 0.2) is 0 Å². The fourth-order valence-corrected chi connectivity index (χ4v) is 9.79. The lowest BCUT2D eigenvalue weighted by molar-refractivity contribution is 0.247. The van der Waals surface area contributed by atoms with Gasteiger partial charge in [-0.25, -0.2) is 9.67 Å². The maximum atomic E-state index is 8.71. The lowest BCUT2D eigenvalue weighted by Gasteiger charge is -2.48. The summed E-state index contributed by atoms with van der Waals surface area (Å²) in [6.07, 6.45) is 5.96. The lowest BCUT2D eigenvalue weighted by Crippen LogP contribution is -2.46. The minimum atomic E-state index is -2.32. The third-order valence-electron chi connectivity index (χ3n) is 13.1. The van der Waals surface area contributed by atoms with Gasteiger partial charge in [0, 0.05) is 49.1 Å². The minimum absolute atomic E-state index is 0.274. The lowest BCUT2D eigenvalue weighted by atomic mass is 9.57. The van der Waals surface area contributed by atoms with Crippen molar-refractivity contribution >= 4 is 27.3 Å². The van der Waals surface area contributed by atoms with Crippen LogP contribution in [0, 0.1) is 6.85 Å².